The summed E-state index contributed by atoms with van der Waals surface area (Å²) >= 11 is 3.43. The van der Waals surface area contributed by atoms with Crippen LogP contribution >= 0.6 is 15.9 Å². The number of rotatable bonds is 3. The van der Waals surface area contributed by atoms with Gasteiger partial charge in [-0.2, -0.15) is 0 Å². The van der Waals surface area contributed by atoms with Crippen molar-refractivity contribution in [1.82, 2.24) is 4.98 Å². The maximum absolute atomic E-state index is 12.3. The van der Waals surface area contributed by atoms with E-state index in [1.165, 1.54) is 0 Å². The molecular weight excluding hydrogens is 344 g/mol. The summed E-state index contributed by atoms with van der Waals surface area (Å²) in [6.45, 7) is 4.06. The highest BCUT2D eigenvalue weighted by Crippen LogP contribution is 2.33. The third-order valence-electron chi connectivity index (χ3n) is 3.48. The average molecular weight is 359 g/mol. The molecule has 0 aliphatic heterocycles. The number of fused-ring (bicyclic) bond motifs is 1. The molecule has 5 heteroatoms. The Bertz CT molecular complexity index is 841. The molecule has 0 unspecified atom stereocenters. The van der Waals surface area contributed by atoms with E-state index in [4.69, 9.17) is 4.42 Å². The van der Waals surface area contributed by atoms with Crippen molar-refractivity contribution >= 4 is 38.5 Å². The van der Waals surface area contributed by atoms with Gasteiger partial charge in [0, 0.05) is 29.0 Å². The SMILES string of the molecule is Cc1cc(C)c2c(CC(=O)Nc3ccncc3)c(Br)oc2c1. The first kappa shape index (κ1) is 14.8. The monoisotopic (exact) mass is 358 g/mol. The van der Waals surface area contributed by atoms with Gasteiger partial charge < -0.3 is 9.73 Å². The van der Waals surface area contributed by atoms with Crippen molar-refractivity contribution in [2.75, 3.05) is 5.32 Å². The van der Waals surface area contributed by atoms with E-state index in [9.17, 15) is 4.79 Å². The van der Waals surface area contributed by atoms with Crippen LogP contribution in [0.5, 0.6) is 0 Å². The molecule has 0 fully saturated rings. The molecule has 2 aromatic heterocycles. The van der Waals surface area contributed by atoms with Crippen molar-refractivity contribution in [2.45, 2.75) is 20.3 Å². The van der Waals surface area contributed by atoms with E-state index >= 15 is 0 Å². The number of furan rings is 1. The Balaban J connectivity index is 1.91. The molecule has 2 heterocycles. The van der Waals surface area contributed by atoms with E-state index in [-0.39, 0.29) is 12.3 Å². The maximum atomic E-state index is 12.3. The average Bonchev–Trinajstić information content (AvgIpc) is 2.75. The fourth-order valence-corrected chi connectivity index (χ4v) is 3.12. The molecule has 22 heavy (non-hydrogen) atoms. The van der Waals surface area contributed by atoms with Crippen molar-refractivity contribution < 1.29 is 9.21 Å². The van der Waals surface area contributed by atoms with E-state index in [0.29, 0.717) is 4.67 Å². The van der Waals surface area contributed by atoms with Gasteiger partial charge in [-0.25, -0.2) is 0 Å². The number of hydrogen-bond donors (Lipinski definition) is 1. The summed E-state index contributed by atoms with van der Waals surface area (Å²) in [6.07, 6.45) is 3.54. The Morgan fingerprint density at radius 2 is 2.00 bits per heavy atom. The summed E-state index contributed by atoms with van der Waals surface area (Å²) in [5.41, 5.74) is 4.65. The lowest BCUT2D eigenvalue weighted by molar-refractivity contribution is -0.115. The quantitative estimate of drug-likeness (QED) is 0.755. The summed E-state index contributed by atoms with van der Waals surface area (Å²) in [6, 6.07) is 7.59. The van der Waals surface area contributed by atoms with Crippen molar-refractivity contribution in [3.05, 3.63) is 58.0 Å². The first-order valence-corrected chi connectivity index (χ1v) is 7.72. The first-order valence-electron chi connectivity index (χ1n) is 6.92. The number of pyridine rings is 1. The highest BCUT2D eigenvalue weighted by molar-refractivity contribution is 9.10. The number of carbonyl (C=O) groups excluding carboxylic acids is 1. The third kappa shape index (κ3) is 2.90. The second-order valence-electron chi connectivity index (χ2n) is 5.27. The molecule has 0 bridgehead atoms. The predicted octanol–water partition coefficient (Wildman–Crippen LogP) is 4.39. The van der Waals surface area contributed by atoms with Gasteiger partial charge in [-0.1, -0.05) is 6.07 Å². The number of aryl methyl sites for hydroxylation is 2. The minimum absolute atomic E-state index is 0.0884. The zero-order valence-electron chi connectivity index (χ0n) is 12.3. The van der Waals surface area contributed by atoms with E-state index in [1.807, 2.05) is 19.9 Å². The molecular formula is C17H15BrN2O2. The van der Waals surface area contributed by atoms with Crippen molar-refractivity contribution in [1.29, 1.82) is 0 Å². The molecule has 0 radical (unpaired) electrons. The number of hydrogen-bond acceptors (Lipinski definition) is 3. The topological polar surface area (TPSA) is 55.1 Å². The minimum atomic E-state index is -0.0884. The van der Waals surface area contributed by atoms with Gasteiger partial charge in [0.25, 0.3) is 0 Å². The molecule has 0 aliphatic carbocycles. The summed E-state index contributed by atoms with van der Waals surface area (Å²) in [5.74, 6) is -0.0884. The lowest BCUT2D eigenvalue weighted by Gasteiger charge is -2.05. The van der Waals surface area contributed by atoms with Crippen LogP contribution in [0.25, 0.3) is 11.0 Å². The Hall–Kier alpha value is -2.14. The largest absolute Gasteiger partial charge is 0.449 e. The molecule has 112 valence electrons. The van der Waals surface area contributed by atoms with Gasteiger partial charge in [0.1, 0.15) is 5.58 Å². The molecule has 4 nitrogen and oxygen atoms in total. The molecule has 0 aliphatic rings. The number of carbonyl (C=O) groups is 1. The van der Waals surface area contributed by atoms with Crippen LogP contribution in [0.3, 0.4) is 0 Å². The zero-order valence-corrected chi connectivity index (χ0v) is 13.9. The van der Waals surface area contributed by atoms with Crippen LogP contribution in [0.15, 0.2) is 45.7 Å². The lowest BCUT2D eigenvalue weighted by atomic mass is 10.0. The number of amides is 1. The summed E-state index contributed by atoms with van der Waals surface area (Å²) in [4.78, 5) is 16.2. The van der Waals surface area contributed by atoms with Gasteiger partial charge in [-0.3, -0.25) is 9.78 Å². The van der Waals surface area contributed by atoms with Gasteiger partial charge in [0.05, 0.1) is 6.42 Å². The van der Waals surface area contributed by atoms with Crippen LogP contribution in [0.1, 0.15) is 16.7 Å². The molecule has 1 N–H and O–H groups in total. The predicted molar refractivity (Wildman–Crippen MR) is 90.0 cm³/mol. The molecule has 0 spiro atoms. The van der Waals surface area contributed by atoms with Gasteiger partial charge in [-0.15, -0.1) is 0 Å². The molecule has 0 saturated heterocycles. The summed E-state index contributed by atoms with van der Waals surface area (Å²) < 4.78 is 6.35. The number of anilines is 1. The van der Waals surface area contributed by atoms with Crippen LogP contribution in [0, 0.1) is 13.8 Å². The van der Waals surface area contributed by atoms with Gasteiger partial charge >= 0.3 is 0 Å². The molecule has 0 saturated carbocycles. The van der Waals surface area contributed by atoms with E-state index in [0.717, 1.165) is 33.3 Å². The van der Waals surface area contributed by atoms with Gasteiger partial charge in [0.15, 0.2) is 4.67 Å². The second-order valence-corrected chi connectivity index (χ2v) is 5.99. The normalized spacial score (nSPS) is 10.9. The molecule has 1 aromatic carbocycles. The molecule has 3 rings (SSSR count). The van der Waals surface area contributed by atoms with E-state index < -0.39 is 0 Å². The fraction of sp³-hybridized carbons (Fsp3) is 0.176. The van der Waals surface area contributed by atoms with Crippen LogP contribution in [-0.2, 0) is 11.2 Å². The number of halogens is 1. The number of benzene rings is 1. The third-order valence-corrected chi connectivity index (χ3v) is 4.12. The molecule has 1 amide bonds. The zero-order chi connectivity index (χ0) is 15.7. The summed E-state index contributed by atoms with van der Waals surface area (Å²) in [5, 5.41) is 3.86. The van der Waals surface area contributed by atoms with Crippen LogP contribution in [-0.4, -0.2) is 10.9 Å². The van der Waals surface area contributed by atoms with Gasteiger partial charge in [0.2, 0.25) is 5.91 Å². The Morgan fingerprint density at radius 1 is 1.27 bits per heavy atom. The standard InChI is InChI=1S/C17H15BrN2O2/c1-10-7-11(2)16-13(17(18)22-14(16)8-10)9-15(21)20-12-3-5-19-6-4-12/h3-8H,9H2,1-2H3,(H,19,20,21). The van der Waals surface area contributed by atoms with E-state index in [2.05, 4.69) is 32.3 Å². The molecule has 0 atom stereocenters. The van der Waals surface area contributed by atoms with Gasteiger partial charge in [-0.05, 0) is 59.1 Å². The Labute approximate surface area is 136 Å². The Kier molecular flexibility index (Phi) is 3.98. The van der Waals surface area contributed by atoms with Crippen molar-refractivity contribution in [3.63, 3.8) is 0 Å². The fourth-order valence-electron chi connectivity index (χ4n) is 2.61. The Morgan fingerprint density at radius 3 is 2.73 bits per heavy atom. The first-order chi connectivity index (χ1) is 10.5. The summed E-state index contributed by atoms with van der Waals surface area (Å²) in [7, 11) is 0. The lowest BCUT2D eigenvalue weighted by Crippen LogP contribution is -2.14. The highest BCUT2D eigenvalue weighted by atomic mass is 79.9. The maximum Gasteiger partial charge on any atom is 0.228 e. The molecule has 3 aromatic rings. The smallest absolute Gasteiger partial charge is 0.228 e. The van der Waals surface area contributed by atoms with Crippen LogP contribution in [0.4, 0.5) is 5.69 Å². The van der Waals surface area contributed by atoms with Crippen molar-refractivity contribution in [3.8, 4) is 0 Å². The van der Waals surface area contributed by atoms with E-state index in [1.54, 1.807) is 24.5 Å². The number of aromatic nitrogens is 1. The van der Waals surface area contributed by atoms with Crippen LogP contribution in [0.2, 0.25) is 0 Å². The second kappa shape index (κ2) is 5.93. The minimum Gasteiger partial charge on any atom is -0.449 e. The van der Waals surface area contributed by atoms with Crippen molar-refractivity contribution in [2.24, 2.45) is 0 Å². The van der Waals surface area contributed by atoms with Crippen LogP contribution < -0.4 is 5.32 Å². The number of nitrogens with one attached hydrogen (secondary N) is 1. The number of nitrogens with zero attached hydrogens (tertiary/aromatic N) is 1. The highest BCUT2D eigenvalue weighted by Gasteiger charge is 2.17.